The maximum Gasteiger partial charge on any atom is 0.356 e. The number of benzene rings is 1. The molecule has 0 saturated heterocycles. The number of carbonyl (C=O) groups is 1. The molecule has 0 fully saturated rings. The van der Waals surface area contributed by atoms with Crippen LogP contribution in [0.25, 0.3) is 0 Å². The number of nitrogens with one attached hydrogen (secondary N) is 1. The zero-order valence-electron chi connectivity index (χ0n) is 9.11. The van der Waals surface area contributed by atoms with Crippen LogP contribution in [0.1, 0.15) is 5.56 Å². The summed E-state index contributed by atoms with van der Waals surface area (Å²) in [7, 11) is 0. The summed E-state index contributed by atoms with van der Waals surface area (Å²) in [5.41, 5.74) is 8.29. The van der Waals surface area contributed by atoms with Crippen molar-refractivity contribution in [2.24, 2.45) is 11.6 Å². The molecule has 0 aromatic heterocycles. The van der Waals surface area contributed by atoms with Gasteiger partial charge in [0.2, 0.25) is 0 Å². The Bertz CT molecular complexity index is 494. The Hall–Kier alpha value is -1.08. The Morgan fingerprint density at radius 3 is 2.56 bits per heavy atom. The minimum Gasteiger partial charge on any atom is -0.476 e. The molecule has 8 heteroatoms. The van der Waals surface area contributed by atoms with Gasteiger partial charge < -0.3 is 16.3 Å². The number of rotatable bonds is 5. The maximum absolute atomic E-state index is 10.7. The van der Waals surface area contributed by atoms with Crippen molar-refractivity contribution in [1.29, 1.82) is 0 Å². The second-order valence-electron chi connectivity index (χ2n) is 3.23. The number of carboxylic acid groups (broad SMARTS) is 1. The van der Waals surface area contributed by atoms with Crippen LogP contribution in [0.5, 0.6) is 0 Å². The third kappa shape index (κ3) is 3.99. The molecule has 5 nitrogen and oxygen atoms in total. The van der Waals surface area contributed by atoms with Crippen LogP contribution in [0.15, 0.2) is 28.9 Å². The van der Waals surface area contributed by atoms with Gasteiger partial charge in [-0.1, -0.05) is 29.3 Å². The standard InChI is InChI=1S/C10H11Cl2N3O2S/c11-6-2-1-5(3-7(6)12)4-18-9(13)8(15-14)10(16)17/h1-3,15H,4,13-14H2,(H,16,17)/b9-8+. The lowest BCUT2D eigenvalue weighted by atomic mass is 10.2. The monoisotopic (exact) mass is 307 g/mol. The van der Waals surface area contributed by atoms with E-state index >= 15 is 0 Å². The second-order valence-corrected chi connectivity index (χ2v) is 5.06. The fourth-order valence-corrected chi connectivity index (χ4v) is 2.21. The topological polar surface area (TPSA) is 101 Å². The van der Waals surface area contributed by atoms with E-state index in [1.54, 1.807) is 18.2 Å². The van der Waals surface area contributed by atoms with Gasteiger partial charge in [-0.05, 0) is 17.7 Å². The van der Waals surface area contributed by atoms with E-state index in [0.717, 1.165) is 17.3 Å². The number of hydrogen-bond donors (Lipinski definition) is 4. The molecule has 0 aliphatic rings. The second kappa shape index (κ2) is 6.75. The van der Waals surface area contributed by atoms with Crippen molar-refractivity contribution in [1.82, 2.24) is 5.43 Å². The van der Waals surface area contributed by atoms with E-state index in [2.05, 4.69) is 0 Å². The quantitative estimate of drug-likeness (QED) is 0.376. The van der Waals surface area contributed by atoms with E-state index in [1.807, 2.05) is 5.43 Å². The lowest BCUT2D eigenvalue weighted by molar-refractivity contribution is -0.133. The van der Waals surface area contributed by atoms with E-state index in [4.69, 9.17) is 39.9 Å². The molecule has 0 amide bonds. The van der Waals surface area contributed by atoms with Gasteiger partial charge in [0.05, 0.1) is 15.1 Å². The molecule has 1 aromatic carbocycles. The van der Waals surface area contributed by atoms with Gasteiger partial charge in [-0.25, -0.2) is 4.79 Å². The van der Waals surface area contributed by atoms with Gasteiger partial charge in [-0.3, -0.25) is 5.84 Å². The van der Waals surface area contributed by atoms with Crippen molar-refractivity contribution in [2.75, 3.05) is 0 Å². The first-order valence-electron chi connectivity index (χ1n) is 4.72. The highest BCUT2D eigenvalue weighted by Gasteiger charge is 2.11. The van der Waals surface area contributed by atoms with Gasteiger partial charge in [0.1, 0.15) is 0 Å². The summed E-state index contributed by atoms with van der Waals surface area (Å²) in [5.74, 6) is 4.32. The molecule has 0 atom stereocenters. The summed E-state index contributed by atoms with van der Waals surface area (Å²) in [6.45, 7) is 0. The Balaban J connectivity index is 2.75. The summed E-state index contributed by atoms with van der Waals surface area (Å²) in [5, 5.41) is 9.78. The first-order chi connectivity index (χ1) is 8.45. The smallest absolute Gasteiger partial charge is 0.356 e. The molecule has 0 radical (unpaired) electrons. The summed E-state index contributed by atoms with van der Waals surface area (Å²) >= 11 is 12.8. The molecule has 6 N–H and O–H groups in total. The normalized spacial score (nSPS) is 11.9. The average molecular weight is 308 g/mol. The highest BCUT2D eigenvalue weighted by atomic mass is 35.5. The van der Waals surface area contributed by atoms with Crippen molar-refractivity contribution in [3.8, 4) is 0 Å². The van der Waals surface area contributed by atoms with Crippen molar-refractivity contribution in [3.63, 3.8) is 0 Å². The Morgan fingerprint density at radius 1 is 1.39 bits per heavy atom. The largest absolute Gasteiger partial charge is 0.476 e. The van der Waals surface area contributed by atoms with Gasteiger partial charge in [0.25, 0.3) is 0 Å². The van der Waals surface area contributed by atoms with E-state index in [1.165, 1.54) is 0 Å². The van der Waals surface area contributed by atoms with Gasteiger partial charge >= 0.3 is 5.97 Å². The Kier molecular flexibility index (Phi) is 5.61. The molecule has 1 rings (SSSR count). The van der Waals surface area contributed by atoms with Crippen LogP contribution in [0.3, 0.4) is 0 Å². The molecule has 0 spiro atoms. The number of thioether (sulfide) groups is 1. The van der Waals surface area contributed by atoms with E-state index < -0.39 is 5.97 Å². The van der Waals surface area contributed by atoms with E-state index in [9.17, 15) is 4.79 Å². The maximum atomic E-state index is 10.7. The molecular weight excluding hydrogens is 297 g/mol. The van der Waals surface area contributed by atoms with Crippen molar-refractivity contribution >= 4 is 40.9 Å². The highest BCUT2D eigenvalue weighted by Crippen LogP contribution is 2.26. The molecule has 18 heavy (non-hydrogen) atoms. The lowest BCUT2D eigenvalue weighted by Crippen LogP contribution is -2.29. The van der Waals surface area contributed by atoms with Crippen LogP contribution in [-0.2, 0) is 10.5 Å². The van der Waals surface area contributed by atoms with Crippen molar-refractivity contribution in [3.05, 3.63) is 44.5 Å². The number of carboxylic acids is 1. The minimum absolute atomic E-state index is 0.0936. The molecule has 0 aliphatic carbocycles. The summed E-state index contributed by atoms with van der Waals surface area (Å²) in [6.07, 6.45) is 0. The van der Waals surface area contributed by atoms with Crippen LogP contribution in [0, 0.1) is 0 Å². The summed E-state index contributed by atoms with van der Waals surface area (Å²) < 4.78 is 0. The van der Waals surface area contributed by atoms with Crippen molar-refractivity contribution in [2.45, 2.75) is 5.75 Å². The van der Waals surface area contributed by atoms with E-state index in [-0.39, 0.29) is 10.7 Å². The van der Waals surface area contributed by atoms with Crippen LogP contribution in [0.4, 0.5) is 0 Å². The summed E-state index contributed by atoms with van der Waals surface area (Å²) in [4.78, 5) is 10.7. The van der Waals surface area contributed by atoms with Gasteiger partial charge in [0, 0.05) is 5.75 Å². The lowest BCUT2D eigenvalue weighted by Gasteiger charge is -2.07. The van der Waals surface area contributed by atoms with Crippen LogP contribution < -0.4 is 17.0 Å². The van der Waals surface area contributed by atoms with Crippen molar-refractivity contribution < 1.29 is 9.90 Å². The van der Waals surface area contributed by atoms with Gasteiger partial charge in [-0.15, -0.1) is 11.8 Å². The number of hydrazine groups is 1. The molecule has 0 unspecified atom stereocenters. The van der Waals surface area contributed by atoms with E-state index in [0.29, 0.717) is 15.8 Å². The third-order valence-corrected chi connectivity index (χ3v) is 3.71. The predicted molar refractivity (Wildman–Crippen MR) is 73.9 cm³/mol. The molecular formula is C10H11Cl2N3O2S. The molecule has 1 aromatic rings. The van der Waals surface area contributed by atoms with Crippen LogP contribution >= 0.6 is 35.0 Å². The third-order valence-electron chi connectivity index (χ3n) is 1.98. The first kappa shape index (κ1) is 15.0. The zero-order valence-corrected chi connectivity index (χ0v) is 11.4. The number of nitrogens with two attached hydrogens (primary N) is 2. The average Bonchev–Trinajstić information content (AvgIpc) is 2.31. The SMILES string of the molecule is NN/C(C(=O)O)=C(\N)SCc1ccc(Cl)c(Cl)c1. The predicted octanol–water partition coefficient (Wildman–Crippen LogP) is 1.90. The number of halogens is 2. The first-order valence-corrected chi connectivity index (χ1v) is 6.46. The van der Waals surface area contributed by atoms with Crippen LogP contribution in [0.2, 0.25) is 10.0 Å². The van der Waals surface area contributed by atoms with Gasteiger partial charge in [-0.2, -0.15) is 0 Å². The molecule has 0 aliphatic heterocycles. The molecule has 0 bridgehead atoms. The summed E-state index contributed by atoms with van der Waals surface area (Å²) in [6, 6.07) is 5.14. The Morgan fingerprint density at radius 2 is 2.06 bits per heavy atom. The molecule has 98 valence electrons. The molecule has 0 heterocycles. The van der Waals surface area contributed by atoms with Crippen LogP contribution in [-0.4, -0.2) is 11.1 Å². The number of aliphatic carboxylic acids is 1. The fourth-order valence-electron chi connectivity index (χ4n) is 1.10. The minimum atomic E-state index is -1.21. The fraction of sp³-hybridized carbons (Fsp3) is 0.100. The molecule has 0 saturated carbocycles. The van der Waals surface area contributed by atoms with Gasteiger partial charge in [0.15, 0.2) is 5.70 Å². The Labute approximate surface area is 118 Å². The zero-order chi connectivity index (χ0) is 13.7. The number of hydrogen-bond acceptors (Lipinski definition) is 5. The highest BCUT2D eigenvalue weighted by molar-refractivity contribution is 8.02.